The molecule has 28 heavy (non-hydrogen) atoms. The van der Waals surface area contributed by atoms with Gasteiger partial charge < -0.3 is 15.2 Å². The molecule has 1 atom stereocenters. The number of aromatic amines is 1. The number of nitriles is 1. The van der Waals surface area contributed by atoms with Crippen LogP contribution in [0.5, 0.6) is 0 Å². The Hall–Kier alpha value is -3.59. The fourth-order valence-corrected chi connectivity index (χ4v) is 3.72. The highest BCUT2D eigenvalue weighted by Gasteiger charge is 2.35. The van der Waals surface area contributed by atoms with Gasteiger partial charge in [-0.2, -0.15) is 5.26 Å². The lowest BCUT2D eigenvalue weighted by atomic mass is 10.1. The van der Waals surface area contributed by atoms with E-state index in [1.807, 2.05) is 24.4 Å². The molecule has 0 saturated carbocycles. The largest absolute Gasteiger partial charge is 0.361 e. The number of rotatable bonds is 5. The van der Waals surface area contributed by atoms with E-state index in [9.17, 15) is 14.9 Å². The zero-order chi connectivity index (χ0) is 19.5. The number of nitrogens with one attached hydrogen (secondary N) is 2. The van der Waals surface area contributed by atoms with Crippen LogP contribution in [0.25, 0.3) is 10.9 Å². The molecule has 0 radical (unpaired) electrons. The summed E-state index contributed by atoms with van der Waals surface area (Å²) in [6.45, 7) is 0.816. The number of hydrogen-bond donors (Lipinski definition) is 2. The van der Waals surface area contributed by atoms with Gasteiger partial charge in [-0.1, -0.05) is 30.3 Å². The van der Waals surface area contributed by atoms with Crippen LogP contribution in [0.1, 0.15) is 17.5 Å². The van der Waals surface area contributed by atoms with Gasteiger partial charge in [-0.15, -0.1) is 0 Å². The molecule has 4 rings (SSSR count). The summed E-state index contributed by atoms with van der Waals surface area (Å²) in [5.74, 6) is -0.646. The van der Waals surface area contributed by atoms with Crippen LogP contribution in [0.15, 0.2) is 54.7 Å². The molecule has 0 bridgehead atoms. The van der Waals surface area contributed by atoms with Crippen molar-refractivity contribution in [2.24, 2.45) is 5.92 Å². The van der Waals surface area contributed by atoms with Crippen LogP contribution in [-0.4, -0.2) is 29.9 Å². The van der Waals surface area contributed by atoms with E-state index < -0.39 is 5.92 Å². The minimum Gasteiger partial charge on any atom is -0.361 e. The van der Waals surface area contributed by atoms with Crippen LogP contribution in [0, 0.1) is 17.2 Å². The highest BCUT2D eigenvalue weighted by atomic mass is 16.2. The number of para-hydroxylation sites is 2. The maximum absolute atomic E-state index is 12.6. The Morgan fingerprint density at radius 2 is 2.00 bits per heavy atom. The number of carbonyl (C=O) groups excluding carboxylic acids is 2. The van der Waals surface area contributed by atoms with Crippen LogP contribution in [0.4, 0.5) is 5.69 Å². The van der Waals surface area contributed by atoms with Crippen molar-refractivity contribution in [2.45, 2.75) is 12.8 Å². The normalized spacial score (nSPS) is 16.3. The molecule has 1 aliphatic heterocycles. The maximum Gasteiger partial charge on any atom is 0.227 e. The number of benzene rings is 2. The summed E-state index contributed by atoms with van der Waals surface area (Å²) in [5.41, 5.74) is 3.25. The fourth-order valence-electron chi connectivity index (χ4n) is 3.72. The van der Waals surface area contributed by atoms with E-state index in [4.69, 9.17) is 0 Å². The third kappa shape index (κ3) is 3.35. The van der Waals surface area contributed by atoms with Gasteiger partial charge in [-0.3, -0.25) is 9.59 Å². The van der Waals surface area contributed by atoms with Gasteiger partial charge in [0.15, 0.2) is 0 Å². The van der Waals surface area contributed by atoms with E-state index in [0.717, 1.165) is 22.9 Å². The summed E-state index contributed by atoms with van der Waals surface area (Å²) in [7, 11) is 0. The first kappa shape index (κ1) is 17.8. The minimum absolute atomic E-state index is 0.120. The third-order valence-electron chi connectivity index (χ3n) is 5.18. The number of anilines is 1. The molecule has 1 aromatic heterocycles. The molecule has 6 heteroatoms. The highest BCUT2D eigenvalue weighted by molar-refractivity contribution is 6.01. The molecule has 1 saturated heterocycles. The van der Waals surface area contributed by atoms with Crippen molar-refractivity contribution in [1.82, 2.24) is 10.3 Å². The van der Waals surface area contributed by atoms with Gasteiger partial charge in [-0.05, 0) is 30.2 Å². The van der Waals surface area contributed by atoms with Crippen LogP contribution in [0.2, 0.25) is 0 Å². The lowest BCUT2D eigenvalue weighted by Crippen LogP contribution is -2.34. The van der Waals surface area contributed by atoms with Gasteiger partial charge >= 0.3 is 0 Å². The van der Waals surface area contributed by atoms with Crippen molar-refractivity contribution in [1.29, 1.82) is 5.26 Å². The Labute approximate surface area is 162 Å². The highest BCUT2D eigenvalue weighted by Crippen LogP contribution is 2.28. The molecule has 140 valence electrons. The summed E-state index contributed by atoms with van der Waals surface area (Å²) >= 11 is 0. The second-order valence-corrected chi connectivity index (χ2v) is 6.93. The zero-order valence-corrected chi connectivity index (χ0v) is 15.3. The Morgan fingerprint density at radius 1 is 1.21 bits per heavy atom. The van der Waals surface area contributed by atoms with Gasteiger partial charge in [0.2, 0.25) is 11.8 Å². The number of nitrogens with zero attached hydrogens (tertiary/aromatic N) is 2. The number of carbonyl (C=O) groups is 2. The average Bonchev–Trinajstić information content (AvgIpc) is 3.31. The van der Waals surface area contributed by atoms with Gasteiger partial charge in [0.1, 0.15) is 6.07 Å². The minimum atomic E-state index is -0.401. The van der Waals surface area contributed by atoms with Crippen LogP contribution in [0.3, 0.4) is 0 Å². The molecule has 0 aliphatic carbocycles. The molecule has 6 nitrogen and oxygen atoms in total. The molecular formula is C22H20N4O2. The molecule has 3 aromatic rings. The quantitative estimate of drug-likeness (QED) is 0.722. The predicted octanol–water partition coefficient (Wildman–Crippen LogP) is 2.75. The number of hydrogen-bond acceptors (Lipinski definition) is 3. The molecule has 2 N–H and O–H groups in total. The topological polar surface area (TPSA) is 89.0 Å². The SMILES string of the molecule is N#Cc1ccccc1N1CC(C(=O)NCCc2c[nH]c3ccccc23)CC1=O. The molecule has 2 amide bonds. The predicted molar refractivity (Wildman–Crippen MR) is 107 cm³/mol. The Balaban J connectivity index is 1.37. The van der Waals surface area contributed by atoms with Gasteiger partial charge in [0, 0.05) is 36.6 Å². The summed E-state index contributed by atoms with van der Waals surface area (Å²) < 4.78 is 0. The first-order valence-corrected chi connectivity index (χ1v) is 9.29. The van der Waals surface area contributed by atoms with E-state index in [1.54, 1.807) is 29.2 Å². The van der Waals surface area contributed by atoms with Crippen molar-refractivity contribution in [3.63, 3.8) is 0 Å². The Kier molecular flexibility index (Phi) is 4.81. The van der Waals surface area contributed by atoms with Crippen LogP contribution >= 0.6 is 0 Å². The van der Waals surface area contributed by atoms with Crippen molar-refractivity contribution >= 4 is 28.4 Å². The summed E-state index contributed by atoms with van der Waals surface area (Å²) in [5, 5.41) is 13.4. The van der Waals surface area contributed by atoms with Gasteiger partial charge in [0.25, 0.3) is 0 Å². The van der Waals surface area contributed by atoms with Crippen LogP contribution < -0.4 is 10.2 Å². The van der Waals surface area contributed by atoms with E-state index >= 15 is 0 Å². The molecule has 1 unspecified atom stereocenters. The first-order valence-electron chi connectivity index (χ1n) is 9.29. The second kappa shape index (κ2) is 7.57. The zero-order valence-electron chi connectivity index (χ0n) is 15.3. The number of aromatic nitrogens is 1. The number of H-pyrrole nitrogens is 1. The van der Waals surface area contributed by atoms with Crippen molar-refractivity contribution in [3.8, 4) is 6.07 Å². The van der Waals surface area contributed by atoms with Gasteiger partial charge in [0.05, 0.1) is 17.2 Å². The summed E-state index contributed by atoms with van der Waals surface area (Å²) in [6.07, 6.45) is 2.85. The number of amides is 2. The van der Waals surface area contributed by atoms with E-state index in [0.29, 0.717) is 24.3 Å². The number of fused-ring (bicyclic) bond motifs is 1. The van der Waals surface area contributed by atoms with E-state index in [2.05, 4.69) is 22.4 Å². The lowest BCUT2D eigenvalue weighted by Gasteiger charge is -2.18. The molecule has 2 heterocycles. The lowest BCUT2D eigenvalue weighted by molar-refractivity contribution is -0.126. The van der Waals surface area contributed by atoms with Crippen molar-refractivity contribution in [3.05, 3.63) is 65.9 Å². The summed E-state index contributed by atoms with van der Waals surface area (Å²) in [4.78, 5) is 29.7. The van der Waals surface area contributed by atoms with E-state index in [-0.39, 0.29) is 18.2 Å². The third-order valence-corrected chi connectivity index (χ3v) is 5.18. The van der Waals surface area contributed by atoms with Gasteiger partial charge in [-0.25, -0.2) is 0 Å². The second-order valence-electron chi connectivity index (χ2n) is 6.93. The molecule has 2 aromatic carbocycles. The molecule has 1 aliphatic rings. The summed E-state index contributed by atoms with van der Waals surface area (Å²) in [6, 6.07) is 17.1. The van der Waals surface area contributed by atoms with Crippen molar-refractivity contribution < 1.29 is 9.59 Å². The van der Waals surface area contributed by atoms with Crippen molar-refractivity contribution in [2.75, 3.05) is 18.0 Å². The smallest absolute Gasteiger partial charge is 0.227 e. The Morgan fingerprint density at radius 3 is 2.86 bits per heavy atom. The first-order chi connectivity index (χ1) is 13.7. The maximum atomic E-state index is 12.6. The Bertz CT molecular complexity index is 1080. The molecule has 1 fully saturated rings. The van der Waals surface area contributed by atoms with Crippen LogP contribution in [-0.2, 0) is 16.0 Å². The monoisotopic (exact) mass is 372 g/mol. The standard InChI is InChI=1S/C22H20N4O2/c23-12-15-5-1-4-8-20(15)26-14-17(11-21(26)27)22(28)24-10-9-16-13-25-19-7-3-2-6-18(16)19/h1-8,13,17,25H,9-11,14H2,(H,24,28). The average molecular weight is 372 g/mol. The fraction of sp³-hybridized carbons (Fsp3) is 0.227. The molecular weight excluding hydrogens is 352 g/mol. The molecule has 0 spiro atoms. The van der Waals surface area contributed by atoms with E-state index in [1.165, 1.54) is 0 Å².